The molecule has 1 heterocycles. The van der Waals surface area contributed by atoms with Crippen molar-refractivity contribution < 1.29 is 14.3 Å². The molecule has 3 rings (SSSR count). The van der Waals surface area contributed by atoms with E-state index in [0.29, 0.717) is 23.6 Å². The third-order valence-electron chi connectivity index (χ3n) is 4.09. The Morgan fingerprint density at radius 2 is 1.92 bits per heavy atom. The highest BCUT2D eigenvalue weighted by atomic mass is 16.5. The molecule has 134 valence electrons. The molecule has 0 bridgehead atoms. The second-order valence-corrected chi connectivity index (χ2v) is 5.87. The van der Waals surface area contributed by atoms with Gasteiger partial charge in [0.1, 0.15) is 17.0 Å². The van der Waals surface area contributed by atoms with Crippen LogP contribution in [0.15, 0.2) is 54.7 Å². The molecule has 1 aromatic heterocycles. The highest BCUT2D eigenvalue weighted by Gasteiger charge is 2.14. The number of hydrogen-bond acceptors (Lipinski definition) is 4. The molecule has 0 atom stereocenters. The number of pyridine rings is 1. The molecule has 0 saturated carbocycles. The highest BCUT2D eigenvalue weighted by Crippen LogP contribution is 2.31. The summed E-state index contributed by atoms with van der Waals surface area (Å²) in [5, 5.41) is 3.79. The lowest BCUT2D eigenvalue weighted by Crippen LogP contribution is -2.13. The number of aromatic nitrogens is 1. The van der Waals surface area contributed by atoms with E-state index in [1.165, 1.54) is 0 Å². The van der Waals surface area contributed by atoms with Gasteiger partial charge in [0, 0.05) is 11.6 Å². The van der Waals surface area contributed by atoms with Crippen LogP contribution < -0.4 is 14.8 Å². The van der Waals surface area contributed by atoms with E-state index in [1.807, 2.05) is 36.4 Å². The number of nitrogens with zero attached hydrogens (tertiary/aromatic N) is 1. The zero-order valence-electron chi connectivity index (χ0n) is 15.0. The lowest BCUT2D eigenvalue weighted by atomic mass is 10.1. The summed E-state index contributed by atoms with van der Waals surface area (Å²) in [6, 6.07) is 14.6. The number of benzene rings is 2. The van der Waals surface area contributed by atoms with E-state index in [1.54, 1.807) is 25.4 Å². The van der Waals surface area contributed by atoms with Gasteiger partial charge in [-0.05, 0) is 42.8 Å². The van der Waals surface area contributed by atoms with Crippen LogP contribution >= 0.6 is 0 Å². The molecule has 2 aromatic carbocycles. The average Bonchev–Trinajstić information content (AvgIpc) is 2.69. The SMILES string of the molecule is CCCCOc1ccc(NC(=O)c2ccccc2OC)c2cccnc12. The number of methoxy groups -OCH3 is 1. The molecule has 5 nitrogen and oxygen atoms in total. The molecule has 0 fully saturated rings. The van der Waals surface area contributed by atoms with Gasteiger partial charge in [0.25, 0.3) is 5.91 Å². The summed E-state index contributed by atoms with van der Waals surface area (Å²) < 4.78 is 11.1. The number of anilines is 1. The molecule has 0 saturated heterocycles. The van der Waals surface area contributed by atoms with Crippen molar-refractivity contribution in [2.75, 3.05) is 19.0 Å². The largest absolute Gasteiger partial charge is 0.496 e. The lowest BCUT2D eigenvalue weighted by molar-refractivity contribution is 0.102. The van der Waals surface area contributed by atoms with Crippen molar-refractivity contribution >= 4 is 22.5 Å². The quantitative estimate of drug-likeness (QED) is 0.629. The number of hydrogen-bond donors (Lipinski definition) is 1. The topological polar surface area (TPSA) is 60.5 Å². The van der Waals surface area contributed by atoms with Crippen LogP contribution in [-0.4, -0.2) is 24.6 Å². The molecule has 1 N–H and O–H groups in total. The van der Waals surface area contributed by atoms with Gasteiger partial charge in [0.2, 0.25) is 0 Å². The Kier molecular flexibility index (Phi) is 5.69. The van der Waals surface area contributed by atoms with Gasteiger partial charge in [0.15, 0.2) is 0 Å². The van der Waals surface area contributed by atoms with Gasteiger partial charge in [-0.25, -0.2) is 0 Å². The Morgan fingerprint density at radius 1 is 1.08 bits per heavy atom. The van der Waals surface area contributed by atoms with Crippen LogP contribution in [0.25, 0.3) is 10.9 Å². The predicted octanol–water partition coefficient (Wildman–Crippen LogP) is 4.67. The van der Waals surface area contributed by atoms with Gasteiger partial charge in [0.05, 0.1) is 25.0 Å². The van der Waals surface area contributed by atoms with Crippen molar-refractivity contribution in [3.8, 4) is 11.5 Å². The number of nitrogens with one attached hydrogen (secondary N) is 1. The maximum Gasteiger partial charge on any atom is 0.259 e. The van der Waals surface area contributed by atoms with E-state index in [2.05, 4.69) is 17.2 Å². The maximum absolute atomic E-state index is 12.7. The van der Waals surface area contributed by atoms with Crippen LogP contribution in [0.3, 0.4) is 0 Å². The minimum absolute atomic E-state index is 0.229. The van der Waals surface area contributed by atoms with Crippen LogP contribution in [0, 0.1) is 0 Å². The number of unbranched alkanes of at least 4 members (excludes halogenated alkanes) is 1. The summed E-state index contributed by atoms with van der Waals surface area (Å²) in [5.74, 6) is 1.03. The minimum atomic E-state index is -0.229. The standard InChI is InChI=1S/C21H22N2O3/c1-3-4-14-26-19-12-11-17(15-9-7-13-22-20(15)19)23-21(24)16-8-5-6-10-18(16)25-2/h5-13H,3-4,14H2,1-2H3,(H,23,24). The molecule has 5 heteroatoms. The van der Waals surface area contributed by atoms with Gasteiger partial charge in [-0.15, -0.1) is 0 Å². The summed E-state index contributed by atoms with van der Waals surface area (Å²) in [6.07, 6.45) is 3.78. The molecular weight excluding hydrogens is 328 g/mol. The second-order valence-electron chi connectivity index (χ2n) is 5.87. The Balaban J connectivity index is 1.91. The fourth-order valence-corrected chi connectivity index (χ4v) is 2.72. The highest BCUT2D eigenvalue weighted by molar-refractivity contribution is 6.10. The molecule has 0 aliphatic heterocycles. The molecular formula is C21H22N2O3. The molecule has 0 aliphatic carbocycles. The first kappa shape index (κ1) is 17.7. The first-order valence-corrected chi connectivity index (χ1v) is 8.69. The number of ether oxygens (including phenoxy) is 2. The fourth-order valence-electron chi connectivity index (χ4n) is 2.72. The monoisotopic (exact) mass is 350 g/mol. The third kappa shape index (κ3) is 3.77. The fraction of sp³-hybridized carbons (Fsp3) is 0.238. The normalized spacial score (nSPS) is 10.5. The van der Waals surface area contributed by atoms with Crippen molar-refractivity contribution in [2.45, 2.75) is 19.8 Å². The van der Waals surface area contributed by atoms with Crippen LogP contribution in [0.4, 0.5) is 5.69 Å². The first-order chi connectivity index (χ1) is 12.7. The number of carbonyl (C=O) groups excluding carboxylic acids is 1. The zero-order valence-corrected chi connectivity index (χ0v) is 15.0. The van der Waals surface area contributed by atoms with Crippen molar-refractivity contribution in [1.29, 1.82) is 0 Å². The number of carbonyl (C=O) groups is 1. The maximum atomic E-state index is 12.7. The van der Waals surface area contributed by atoms with E-state index >= 15 is 0 Å². The summed E-state index contributed by atoms with van der Waals surface area (Å²) in [4.78, 5) is 17.1. The second kappa shape index (κ2) is 8.34. The van der Waals surface area contributed by atoms with Crippen molar-refractivity contribution in [3.05, 3.63) is 60.3 Å². The van der Waals surface area contributed by atoms with Crippen molar-refractivity contribution in [2.24, 2.45) is 0 Å². The molecule has 26 heavy (non-hydrogen) atoms. The van der Waals surface area contributed by atoms with Crippen LogP contribution in [-0.2, 0) is 0 Å². The third-order valence-corrected chi connectivity index (χ3v) is 4.09. The molecule has 0 spiro atoms. The van der Waals surface area contributed by atoms with Gasteiger partial charge in [-0.2, -0.15) is 0 Å². The lowest BCUT2D eigenvalue weighted by Gasteiger charge is -2.13. The predicted molar refractivity (Wildman–Crippen MR) is 103 cm³/mol. The van der Waals surface area contributed by atoms with E-state index in [0.717, 1.165) is 29.5 Å². The molecule has 0 unspecified atom stereocenters. The van der Waals surface area contributed by atoms with E-state index in [9.17, 15) is 4.79 Å². The number of amides is 1. The van der Waals surface area contributed by atoms with Crippen molar-refractivity contribution in [1.82, 2.24) is 4.98 Å². The van der Waals surface area contributed by atoms with E-state index in [4.69, 9.17) is 9.47 Å². The number of para-hydroxylation sites is 1. The Bertz CT molecular complexity index is 909. The van der Waals surface area contributed by atoms with Crippen LogP contribution in [0.1, 0.15) is 30.1 Å². The Hall–Kier alpha value is -3.08. The molecule has 0 aliphatic rings. The smallest absolute Gasteiger partial charge is 0.259 e. The minimum Gasteiger partial charge on any atom is -0.496 e. The van der Waals surface area contributed by atoms with Gasteiger partial charge >= 0.3 is 0 Å². The number of fused-ring (bicyclic) bond motifs is 1. The van der Waals surface area contributed by atoms with Gasteiger partial charge in [-0.3, -0.25) is 9.78 Å². The molecule has 0 radical (unpaired) electrons. The molecule has 3 aromatic rings. The Morgan fingerprint density at radius 3 is 2.73 bits per heavy atom. The van der Waals surface area contributed by atoms with Gasteiger partial charge in [-0.1, -0.05) is 25.5 Å². The van der Waals surface area contributed by atoms with Crippen LogP contribution in [0.2, 0.25) is 0 Å². The van der Waals surface area contributed by atoms with Crippen LogP contribution in [0.5, 0.6) is 11.5 Å². The van der Waals surface area contributed by atoms with E-state index < -0.39 is 0 Å². The summed E-state index contributed by atoms with van der Waals surface area (Å²) >= 11 is 0. The summed E-state index contributed by atoms with van der Waals surface area (Å²) in [5.41, 5.74) is 1.91. The van der Waals surface area contributed by atoms with Gasteiger partial charge < -0.3 is 14.8 Å². The number of rotatable bonds is 7. The zero-order chi connectivity index (χ0) is 18.4. The van der Waals surface area contributed by atoms with Crippen molar-refractivity contribution in [3.63, 3.8) is 0 Å². The Labute approximate surface area is 153 Å². The average molecular weight is 350 g/mol. The van der Waals surface area contributed by atoms with E-state index in [-0.39, 0.29) is 5.91 Å². The first-order valence-electron chi connectivity index (χ1n) is 8.69. The summed E-state index contributed by atoms with van der Waals surface area (Å²) in [7, 11) is 1.55. The summed E-state index contributed by atoms with van der Waals surface area (Å²) in [6.45, 7) is 2.77. The molecule has 1 amide bonds.